The van der Waals surface area contributed by atoms with Gasteiger partial charge in [0.15, 0.2) is 0 Å². The van der Waals surface area contributed by atoms with Crippen molar-refractivity contribution in [1.29, 1.82) is 0 Å². The molecule has 0 saturated carbocycles. The van der Waals surface area contributed by atoms with Crippen LogP contribution >= 0.6 is 0 Å². The van der Waals surface area contributed by atoms with Crippen LogP contribution < -0.4 is 0 Å². The molecule has 0 radical (unpaired) electrons. The number of rotatable bonds is 2. The maximum atomic E-state index is 5.46. The van der Waals surface area contributed by atoms with Crippen molar-refractivity contribution in [2.75, 3.05) is 19.8 Å². The topological polar surface area (TPSA) is 38.2 Å². The van der Waals surface area contributed by atoms with E-state index >= 15 is 0 Å². The van der Waals surface area contributed by atoms with Crippen molar-refractivity contribution in [2.45, 2.75) is 44.7 Å². The Morgan fingerprint density at radius 1 is 1.28 bits per heavy atom. The minimum absolute atomic E-state index is 0.424. The normalized spacial score (nSPS) is 26.6. The number of aryl methyl sites for hydroxylation is 1. The van der Waals surface area contributed by atoms with Crippen LogP contribution in [0.2, 0.25) is 0 Å². The highest BCUT2D eigenvalue weighted by atomic mass is 16.5. The molecule has 0 aromatic carbocycles. The SMILES string of the molecule is Cc1ccnc(C2CCCN2C2CCOCC2)n1. The van der Waals surface area contributed by atoms with Crippen molar-refractivity contribution < 1.29 is 4.74 Å². The van der Waals surface area contributed by atoms with Crippen molar-refractivity contribution in [3.05, 3.63) is 23.8 Å². The van der Waals surface area contributed by atoms with Gasteiger partial charge in [0.25, 0.3) is 0 Å². The van der Waals surface area contributed by atoms with Gasteiger partial charge in [-0.3, -0.25) is 4.90 Å². The Morgan fingerprint density at radius 2 is 2.11 bits per heavy atom. The van der Waals surface area contributed by atoms with Crippen molar-refractivity contribution in [1.82, 2.24) is 14.9 Å². The van der Waals surface area contributed by atoms with Gasteiger partial charge in [-0.2, -0.15) is 0 Å². The number of ether oxygens (including phenoxy) is 1. The predicted molar refractivity (Wildman–Crippen MR) is 69.3 cm³/mol. The molecule has 3 heterocycles. The van der Waals surface area contributed by atoms with Gasteiger partial charge in [0.2, 0.25) is 0 Å². The van der Waals surface area contributed by atoms with E-state index in [1.165, 1.54) is 19.4 Å². The highest BCUT2D eigenvalue weighted by Crippen LogP contribution is 2.34. The maximum Gasteiger partial charge on any atom is 0.145 e. The van der Waals surface area contributed by atoms with Crippen LogP contribution in [0.25, 0.3) is 0 Å². The van der Waals surface area contributed by atoms with E-state index < -0.39 is 0 Å². The second-order valence-electron chi connectivity index (χ2n) is 5.30. The maximum absolute atomic E-state index is 5.46. The summed E-state index contributed by atoms with van der Waals surface area (Å²) in [5, 5.41) is 0. The highest BCUT2D eigenvalue weighted by molar-refractivity contribution is 5.06. The van der Waals surface area contributed by atoms with Crippen LogP contribution in [0.15, 0.2) is 12.3 Å². The Hall–Kier alpha value is -1.00. The van der Waals surface area contributed by atoms with Crippen LogP contribution in [0.5, 0.6) is 0 Å². The van der Waals surface area contributed by atoms with Gasteiger partial charge in [-0.1, -0.05) is 0 Å². The third kappa shape index (κ3) is 2.40. The molecule has 3 rings (SSSR count). The average molecular weight is 247 g/mol. The molecule has 4 nitrogen and oxygen atoms in total. The summed E-state index contributed by atoms with van der Waals surface area (Å²) in [5.41, 5.74) is 1.07. The van der Waals surface area contributed by atoms with E-state index in [4.69, 9.17) is 4.74 Å². The van der Waals surface area contributed by atoms with E-state index in [1.54, 1.807) is 0 Å². The lowest BCUT2D eigenvalue weighted by molar-refractivity contribution is 0.0278. The molecule has 1 atom stereocenters. The minimum atomic E-state index is 0.424. The van der Waals surface area contributed by atoms with Crippen LogP contribution in [-0.4, -0.2) is 40.7 Å². The summed E-state index contributed by atoms with van der Waals surface area (Å²) >= 11 is 0. The van der Waals surface area contributed by atoms with Gasteiger partial charge >= 0.3 is 0 Å². The van der Waals surface area contributed by atoms with Gasteiger partial charge in [-0.25, -0.2) is 9.97 Å². The van der Waals surface area contributed by atoms with Crippen LogP contribution in [-0.2, 0) is 4.74 Å². The van der Waals surface area contributed by atoms with E-state index in [-0.39, 0.29) is 0 Å². The molecule has 1 unspecified atom stereocenters. The predicted octanol–water partition coefficient (Wildman–Crippen LogP) is 2.10. The van der Waals surface area contributed by atoms with Gasteiger partial charge in [-0.15, -0.1) is 0 Å². The zero-order chi connectivity index (χ0) is 12.4. The molecule has 0 N–H and O–H groups in total. The first-order valence-electron chi connectivity index (χ1n) is 6.97. The van der Waals surface area contributed by atoms with Crippen LogP contribution in [0.3, 0.4) is 0 Å². The number of hydrogen-bond donors (Lipinski definition) is 0. The van der Waals surface area contributed by atoms with Crippen molar-refractivity contribution in [3.8, 4) is 0 Å². The zero-order valence-electron chi connectivity index (χ0n) is 11.0. The van der Waals surface area contributed by atoms with Gasteiger partial charge < -0.3 is 4.74 Å². The lowest BCUT2D eigenvalue weighted by Gasteiger charge is -2.34. The molecule has 0 aliphatic carbocycles. The molecule has 2 aliphatic heterocycles. The van der Waals surface area contributed by atoms with Crippen molar-refractivity contribution in [3.63, 3.8) is 0 Å². The summed E-state index contributed by atoms with van der Waals surface area (Å²) in [6, 6.07) is 3.06. The smallest absolute Gasteiger partial charge is 0.145 e. The van der Waals surface area contributed by atoms with Gasteiger partial charge in [-0.05, 0) is 45.2 Å². The van der Waals surface area contributed by atoms with Crippen molar-refractivity contribution >= 4 is 0 Å². The fourth-order valence-corrected chi connectivity index (χ4v) is 3.15. The third-order valence-electron chi connectivity index (χ3n) is 4.07. The summed E-state index contributed by atoms with van der Waals surface area (Å²) < 4.78 is 5.46. The number of aromatic nitrogens is 2. The number of likely N-dealkylation sites (tertiary alicyclic amines) is 1. The van der Waals surface area contributed by atoms with Gasteiger partial charge in [0.05, 0.1) is 6.04 Å². The average Bonchev–Trinajstić information content (AvgIpc) is 2.89. The van der Waals surface area contributed by atoms with Crippen LogP contribution in [0.4, 0.5) is 0 Å². The Morgan fingerprint density at radius 3 is 2.89 bits per heavy atom. The van der Waals surface area contributed by atoms with E-state index in [0.29, 0.717) is 12.1 Å². The first-order valence-corrected chi connectivity index (χ1v) is 6.97. The molecule has 18 heavy (non-hydrogen) atoms. The molecule has 0 bridgehead atoms. The highest BCUT2D eigenvalue weighted by Gasteiger charge is 2.34. The second kappa shape index (κ2) is 5.33. The lowest BCUT2D eigenvalue weighted by Crippen LogP contribution is -2.39. The third-order valence-corrected chi connectivity index (χ3v) is 4.07. The number of nitrogens with zero attached hydrogens (tertiary/aromatic N) is 3. The fourth-order valence-electron chi connectivity index (χ4n) is 3.15. The first kappa shape index (κ1) is 12.1. The Labute approximate surface area is 108 Å². The Balaban J connectivity index is 1.78. The van der Waals surface area contributed by atoms with Crippen LogP contribution in [0, 0.1) is 6.92 Å². The van der Waals surface area contributed by atoms with Crippen LogP contribution in [0.1, 0.15) is 43.2 Å². The molecule has 1 aromatic rings. The monoisotopic (exact) mass is 247 g/mol. The molecule has 2 fully saturated rings. The fraction of sp³-hybridized carbons (Fsp3) is 0.714. The van der Waals surface area contributed by atoms with Gasteiger partial charge in [0, 0.05) is 31.1 Å². The molecule has 2 saturated heterocycles. The molecule has 98 valence electrons. The van der Waals surface area contributed by atoms with E-state index in [1.807, 2.05) is 19.2 Å². The number of hydrogen-bond acceptors (Lipinski definition) is 4. The molecule has 4 heteroatoms. The molecule has 2 aliphatic rings. The van der Waals surface area contributed by atoms with E-state index in [2.05, 4.69) is 14.9 Å². The van der Waals surface area contributed by atoms with E-state index in [0.717, 1.165) is 37.6 Å². The van der Waals surface area contributed by atoms with Gasteiger partial charge in [0.1, 0.15) is 5.82 Å². The Kier molecular flexibility index (Phi) is 3.57. The quantitative estimate of drug-likeness (QED) is 0.802. The summed E-state index contributed by atoms with van der Waals surface area (Å²) in [6.45, 7) is 5.04. The minimum Gasteiger partial charge on any atom is -0.381 e. The first-order chi connectivity index (χ1) is 8.84. The second-order valence-corrected chi connectivity index (χ2v) is 5.30. The summed E-state index contributed by atoms with van der Waals surface area (Å²) in [7, 11) is 0. The zero-order valence-corrected chi connectivity index (χ0v) is 11.0. The summed E-state index contributed by atoms with van der Waals surface area (Å²) in [6.07, 6.45) is 6.66. The standard InChI is InChI=1S/C14H21N3O/c1-11-4-7-15-14(16-11)13-3-2-8-17(13)12-5-9-18-10-6-12/h4,7,12-13H,2-3,5-6,8-10H2,1H3. The summed E-state index contributed by atoms with van der Waals surface area (Å²) in [5.74, 6) is 1.01. The molecule has 0 amide bonds. The summed E-state index contributed by atoms with van der Waals surface area (Å²) in [4.78, 5) is 11.7. The Bertz CT molecular complexity index is 404. The molecule has 1 aromatic heterocycles. The molecular formula is C14H21N3O. The molecule has 0 spiro atoms. The largest absolute Gasteiger partial charge is 0.381 e. The van der Waals surface area contributed by atoms with Crippen molar-refractivity contribution in [2.24, 2.45) is 0 Å². The lowest BCUT2D eigenvalue weighted by atomic mass is 10.1. The molecular weight excluding hydrogens is 226 g/mol. The van der Waals surface area contributed by atoms with E-state index in [9.17, 15) is 0 Å².